The summed E-state index contributed by atoms with van der Waals surface area (Å²) in [7, 11) is 0. The molecular formula is C15H16N2O3S. The quantitative estimate of drug-likeness (QED) is 0.685. The standard InChI is InChI=1S/C15H16N2O3S/c1-9(2)6-14(19)20-8-13(18)17-15-11(7-16)10-4-3-5-12(10)21-15/h6H,3-5,8H2,1-2H3,(H,17,18). The molecule has 0 atom stereocenters. The van der Waals surface area contributed by atoms with Crippen molar-refractivity contribution in [1.29, 1.82) is 5.26 Å². The van der Waals surface area contributed by atoms with Crippen LogP contribution in [-0.4, -0.2) is 18.5 Å². The summed E-state index contributed by atoms with van der Waals surface area (Å²) in [5, 5.41) is 12.4. The lowest BCUT2D eigenvalue weighted by Crippen LogP contribution is -2.20. The lowest BCUT2D eigenvalue weighted by Gasteiger charge is -2.04. The van der Waals surface area contributed by atoms with Crippen LogP contribution in [0, 0.1) is 11.3 Å². The second-order valence-electron chi connectivity index (χ2n) is 5.05. The highest BCUT2D eigenvalue weighted by Gasteiger charge is 2.23. The molecule has 1 N–H and O–H groups in total. The lowest BCUT2D eigenvalue weighted by molar-refractivity contribution is -0.142. The predicted molar refractivity (Wildman–Crippen MR) is 80.1 cm³/mol. The molecule has 0 unspecified atom stereocenters. The number of rotatable bonds is 4. The Morgan fingerprint density at radius 1 is 1.43 bits per heavy atom. The minimum atomic E-state index is -0.542. The molecule has 2 rings (SSSR count). The fourth-order valence-electron chi connectivity index (χ4n) is 2.19. The average molecular weight is 304 g/mol. The van der Waals surface area contributed by atoms with Crippen LogP contribution in [0.2, 0.25) is 0 Å². The second kappa shape index (κ2) is 6.55. The number of nitriles is 1. The third-order valence-corrected chi connectivity index (χ3v) is 4.25. The van der Waals surface area contributed by atoms with E-state index in [0.29, 0.717) is 10.6 Å². The van der Waals surface area contributed by atoms with Crippen molar-refractivity contribution in [2.24, 2.45) is 0 Å². The Morgan fingerprint density at radius 3 is 2.86 bits per heavy atom. The number of carbonyl (C=O) groups is 2. The van der Waals surface area contributed by atoms with Crippen molar-refractivity contribution < 1.29 is 14.3 Å². The number of carbonyl (C=O) groups excluding carboxylic acids is 2. The molecule has 1 aromatic heterocycles. The summed E-state index contributed by atoms with van der Waals surface area (Å²) in [6.07, 6.45) is 4.23. The Balaban J connectivity index is 1.97. The minimum absolute atomic E-state index is 0.351. The van der Waals surface area contributed by atoms with E-state index in [9.17, 15) is 14.9 Å². The average Bonchev–Trinajstić information content (AvgIpc) is 2.95. The fraction of sp³-hybridized carbons (Fsp3) is 0.400. The van der Waals surface area contributed by atoms with Gasteiger partial charge in [0.1, 0.15) is 11.1 Å². The first-order chi connectivity index (χ1) is 10.0. The predicted octanol–water partition coefficient (Wildman–Crippen LogP) is 2.56. The van der Waals surface area contributed by atoms with Crippen molar-refractivity contribution in [3.8, 4) is 6.07 Å². The van der Waals surface area contributed by atoms with Gasteiger partial charge in [0, 0.05) is 11.0 Å². The highest BCUT2D eigenvalue weighted by molar-refractivity contribution is 7.16. The van der Waals surface area contributed by atoms with Gasteiger partial charge < -0.3 is 10.1 Å². The molecule has 0 bridgehead atoms. The molecule has 0 spiro atoms. The largest absolute Gasteiger partial charge is 0.452 e. The van der Waals surface area contributed by atoms with E-state index >= 15 is 0 Å². The summed E-state index contributed by atoms with van der Waals surface area (Å²) in [5.41, 5.74) is 2.41. The highest BCUT2D eigenvalue weighted by atomic mass is 32.1. The van der Waals surface area contributed by atoms with Crippen LogP contribution in [0.1, 0.15) is 36.3 Å². The maximum Gasteiger partial charge on any atom is 0.331 e. The van der Waals surface area contributed by atoms with Crippen LogP contribution >= 0.6 is 11.3 Å². The van der Waals surface area contributed by atoms with E-state index < -0.39 is 11.9 Å². The third-order valence-electron chi connectivity index (χ3n) is 3.04. The van der Waals surface area contributed by atoms with Gasteiger partial charge >= 0.3 is 5.97 Å². The first kappa shape index (κ1) is 15.3. The molecule has 1 aromatic rings. The van der Waals surface area contributed by atoms with E-state index in [1.807, 2.05) is 0 Å². The number of nitrogens with zero attached hydrogens (tertiary/aromatic N) is 1. The van der Waals surface area contributed by atoms with Crippen LogP contribution in [0.25, 0.3) is 0 Å². The molecule has 0 aliphatic heterocycles. The van der Waals surface area contributed by atoms with Crippen molar-refractivity contribution in [3.63, 3.8) is 0 Å². The van der Waals surface area contributed by atoms with Crippen molar-refractivity contribution in [3.05, 3.63) is 27.7 Å². The Morgan fingerprint density at radius 2 is 2.19 bits per heavy atom. The zero-order valence-corrected chi connectivity index (χ0v) is 12.8. The summed E-state index contributed by atoms with van der Waals surface area (Å²) in [6.45, 7) is 3.19. The molecule has 0 saturated heterocycles. The number of ether oxygens (including phenoxy) is 1. The molecule has 5 nitrogen and oxygen atoms in total. The molecule has 1 aliphatic carbocycles. The number of nitrogens with one attached hydrogen (secondary N) is 1. The van der Waals surface area contributed by atoms with Gasteiger partial charge in [-0.25, -0.2) is 4.79 Å². The van der Waals surface area contributed by atoms with E-state index in [0.717, 1.165) is 30.4 Å². The number of fused-ring (bicyclic) bond motifs is 1. The van der Waals surface area contributed by atoms with Crippen molar-refractivity contribution in [2.45, 2.75) is 33.1 Å². The molecule has 0 fully saturated rings. The first-order valence-electron chi connectivity index (χ1n) is 6.67. The van der Waals surface area contributed by atoms with E-state index in [-0.39, 0.29) is 6.61 Å². The van der Waals surface area contributed by atoms with Crippen LogP contribution in [-0.2, 0) is 27.2 Å². The van der Waals surface area contributed by atoms with E-state index in [1.165, 1.54) is 22.3 Å². The fourth-order valence-corrected chi connectivity index (χ4v) is 3.44. The zero-order chi connectivity index (χ0) is 15.4. The van der Waals surface area contributed by atoms with Crippen LogP contribution in [0.4, 0.5) is 5.00 Å². The Kier molecular flexibility index (Phi) is 4.76. The van der Waals surface area contributed by atoms with Crippen molar-refractivity contribution in [1.82, 2.24) is 0 Å². The number of anilines is 1. The smallest absolute Gasteiger partial charge is 0.331 e. The molecule has 1 aliphatic rings. The number of thiophene rings is 1. The maximum absolute atomic E-state index is 11.8. The molecule has 1 heterocycles. The number of aryl methyl sites for hydroxylation is 1. The van der Waals surface area contributed by atoms with Gasteiger partial charge in [-0.1, -0.05) is 5.57 Å². The third kappa shape index (κ3) is 3.70. The minimum Gasteiger partial charge on any atom is -0.452 e. The summed E-state index contributed by atoms with van der Waals surface area (Å²) < 4.78 is 4.83. The number of hydrogen-bond donors (Lipinski definition) is 1. The van der Waals surface area contributed by atoms with Crippen molar-refractivity contribution in [2.75, 3.05) is 11.9 Å². The molecule has 1 amide bonds. The topological polar surface area (TPSA) is 79.2 Å². The number of amides is 1. The summed E-state index contributed by atoms with van der Waals surface area (Å²) in [4.78, 5) is 24.3. The molecule has 0 aromatic carbocycles. The van der Waals surface area contributed by atoms with Crippen LogP contribution in [0.15, 0.2) is 11.6 Å². The van der Waals surface area contributed by atoms with Crippen LogP contribution in [0.3, 0.4) is 0 Å². The normalized spacial score (nSPS) is 12.2. The Hall–Kier alpha value is -2.13. The van der Waals surface area contributed by atoms with Crippen LogP contribution < -0.4 is 5.32 Å². The highest BCUT2D eigenvalue weighted by Crippen LogP contribution is 2.38. The summed E-state index contributed by atoms with van der Waals surface area (Å²) >= 11 is 1.44. The van der Waals surface area contributed by atoms with Gasteiger partial charge in [-0.3, -0.25) is 4.79 Å². The molecular weight excluding hydrogens is 288 g/mol. The van der Waals surface area contributed by atoms with Gasteiger partial charge in [-0.05, 0) is 38.7 Å². The van der Waals surface area contributed by atoms with Crippen LogP contribution in [0.5, 0.6) is 0 Å². The van der Waals surface area contributed by atoms with E-state index in [2.05, 4.69) is 11.4 Å². The number of allylic oxidation sites excluding steroid dienone is 1. The van der Waals surface area contributed by atoms with Gasteiger partial charge in [0.25, 0.3) is 5.91 Å². The summed E-state index contributed by atoms with van der Waals surface area (Å²) in [6, 6.07) is 2.15. The molecule has 0 radical (unpaired) electrons. The monoisotopic (exact) mass is 304 g/mol. The Bertz CT molecular complexity index is 649. The summed E-state index contributed by atoms with van der Waals surface area (Å²) in [5.74, 6) is -0.971. The van der Waals surface area contributed by atoms with E-state index in [4.69, 9.17) is 4.74 Å². The number of esters is 1. The van der Waals surface area contributed by atoms with Gasteiger partial charge in [0.2, 0.25) is 0 Å². The first-order valence-corrected chi connectivity index (χ1v) is 7.49. The molecule has 0 saturated carbocycles. The zero-order valence-electron chi connectivity index (χ0n) is 12.0. The Labute approximate surface area is 127 Å². The number of hydrogen-bond acceptors (Lipinski definition) is 5. The molecule has 6 heteroatoms. The van der Waals surface area contributed by atoms with E-state index in [1.54, 1.807) is 13.8 Å². The van der Waals surface area contributed by atoms with Gasteiger partial charge in [0.05, 0.1) is 5.56 Å². The maximum atomic E-state index is 11.8. The lowest BCUT2D eigenvalue weighted by atomic mass is 10.1. The second-order valence-corrected chi connectivity index (χ2v) is 6.16. The van der Waals surface area contributed by atoms with Crippen molar-refractivity contribution >= 4 is 28.2 Å². The SMILES string of the molecule is CC(C)=CC(=O)OCC(=O)Nc1sc2c(c1C#N)CCC2. The van der Waals surface area contributed by atoms with Gasteiger partial charge in [0.15, 0.2) is 6.61 Å². The molecule has 21 heavy (non-hydrogen) atoms. The van der Waals surface area contributed by atoms with Gasteiger partial charge in [-0.15, -0.1) is 11.3 Å². The molecule has 110 valence electrons. The van der Waals surface area contributed by atoms with Gasteiger partial charge in [-0.2, -0.15) is 5.26 Å².